The van der Waals surface area contributed by atoms with E-state index < -0.39 is 0 Å². The normalized spacial score (nSPS) is 11.0. The Morgan fingerprint density at radius 1 is 1.50 bits per heavy atom. The van der Waals surface area contributed by atoms with Gasteiger partial charge in [0.05, 0.1) is 12.8 Å². The first-order valence-corrected chi connectivity index (χ1v) is 4.83. The molecule has 0 aliphatic carbocycles. The smallest absolute Gasteiger partial charge is 0.161 e. The molecular weight excluding hydrogens is 206 g/mol. The number of benzene rings is 1. The van der Waals surface area contributed by atoms with Crippen molar-refractivity contribution in [1.29, 1.82) is 0 Å². The predicted molar refractivity (Wildman–Crippen MR) is 62.7 cm³/mol. The highest BCUT2D eigenvalue weighted by Crippen LogP contribution is 2.28. The third-order valence-corrected chi connectivity index (χ3v) is 2.09. The maximum atomic E-state index is 8.67. The third kappa shape index (κ3) is 2.76. The zero-order valence-electron chi connectivity index (χ0n) is 9.43. The van der Waals surface area contributed by atoms with Gasteiger partial charge >= 0.3 is 0 Å². The lowest BCUT2D eigenvalue weighted by Crippen LogP contribution is -1.99. The van der Waals surface area contributed by atoms with Crippen LogP contribution in [-0.4, -0.2) is 24.6 Å². The van der Waals surface area contributed by atoms with Crippen LogP contribution in [0.2, 0.25) is 0 Å². The van der Waals surface area contributed by atoms with Crippen LogP contribution < -0.4 is 9.47 Å². The summed E-state index contributed by atoms with van der Waals surface area (Å²) in [5, 5.41) is 11.8. The Morgan fingerprint density at radius 3 is 2.81 bits per heavy atom. The van der Waals surface area contributed by atoms with Crippen LogP contribution in [0.3, 0.4) is 0 Å². The van der Waals surface area contributed by atoms with Gasteiger partial charge in [0.1, 0.15) is 6.61 Å². The highest BCUT2D eigenvalue weighted by atomic mass is 16.5. The number of hydrogen-bond acceptors (Lipinski definition) is 4. The molecule has 1 N–H and O–H groups in total. The molecule has 0 aromatic heterocycles. The summed E-state index contributed by atoms with van der Waals surface area (Å²) in [5.74, 6) is 1.24. The first-order chi connectivity index (χ1) is 7.72. The Kier molecular flexibility index (Phi) is 4.39. The Morgan fingerprint density at radius 2 is 2.25 bits per heavy atom. The molecule has 0 spiro atoms. The van der Waals surface area contributed by atoms with Gasteiger partial charge in [0.15, 0.2) is 11.5 Å². The lowest BCUT2D eigenvalue weighted by molar-refractivity contribution is 0.318. The molecule has 0 saturated carbocycles. The zero-order chi connectivity index (χ0) is 12.0. The summed E-state index contributed by atoms with van der Waals surface area (Å²) in [4.78, 5) is 0. The van der Waals surface area contributed by atoms with Crippen molar-refractivity contribution in [2.75, 3.05) is 13.7 Å². The molecule has 16 heavy (non-hydrogen) atoms. The predicted octanol–water partition coefficient (Wildman–Crippen LogP) is 2.46. The van der Waals surface area contributed by atoms with E-state index in [4.69, 9.17) is 14.7 Å². The number of hydrogen-bond donors (Lipinski definition) is 1. The van der Waals surface area contributed by atoms with Crippen molar-refractivity contribution in [1.82, 2.24) is 0 Å². The van der Waals surface area contributed by atoms with Crippen LogP contribution in [0.15, 0.2) is 36.0 Å². The number of ether oxygens (including phenoxy) is 2. The van der Waals surface area contributed by atoms with Crippen molar-refractivity contribution in [2.24, 2.45) is 5.16 Å². The standard InChI is InChI=1S/C12H15NO3/c1-4-7-16-11-6-5-10(9(2)13-14)8-12(11)15-3/h4-6,8,14H,1,7H2,2-3H3/b13-9+. The molecule has 0 fully saturated rings. The van der Waals surface area contributed by atoms with Crippen LogP contribution in [-0.2, 0) is 0 Å². The molecule has 1 aromatic rings. The van der Waals surface area contributed by atoms with E-state index in [1.807, 2.05) is 0 Å². The fourth-order valence-electron chi connectivity index (χ4n) is 1.22. The van der Waals surface area contributed by atoms with Crippen LogP contribution in [0.5, 0.6) is 11.5 Å². The summed E-state index contributed by atoms with van der Waals surface area (Å²) in [6.45, 7) is 5.70. The minimum atomic E-state index is 0.419. The van der Waals surface area contributed by atoms with Crippen molar-refractivity contribution < 1.29 is 14.7 Å². The lowest BCUT2D eigenvalue weighted by atomic mass is 10.1. The molecule has 0 saturated heterocycles. The van der Waals surface area contributed by atoms with Crippen LogP contribution in [0, 0.1) is 0 Å². The van der Waals surface area contributed by atoms with Crippen LogP contribution >= 0.6 is 0 Å². The first kappa shape index (κ1) is 12.1. The summed E-state index contributed by atoms with van der Waals surface area (Å²) in [6.07, 6.45) is 1.66. The molecule has 0 radical (unpaired) electrons. The molecule has 0 aliphatic heterocycles. The van der Waals surface area contributed by atoms with Crippen LogP contribution in [0.1, 0.15) is 12.5 Å². The van der Waals surface area contributed by atoms with E-state index in [2.05, 4.69) is 11.7 Å². The summed E-state index contributed by atoms with van der Waals surface area (Å²) < 4.78 is 10.6. The van der Waals surface area contributed by atoms with Gasteiger partial charge in [0.2, 0.25) is 0 Å². The molecule has 4 heteroatoms. The topological polar surface area (TPSA) is 51.0 Å². The molecule has 1 rings (SSSR count). The molecule has 0 amide bonds. The van der Waals surface area contributed by atoms with E-state index >= 15 is 0 Å². The minimum absolute atomic E-state index is 0.419. The van der Waals surface area contributed by atoms with Gasteiger partial charge in [-0.2, -0.15) is 0 Å². The molecule has 0 atom stereocenters. The Bertz CT molecular complexity index is 399. The average Bonchev–Trinajstić information content (AvgIpc) is 2.35. The van der Waals surface area contributed by atoms with E-state index in [0.29, 0.717) is 23.8 Å². The van der Waals surface area contributed by atoms with Crippen molar-refractivity contribution in [3.63, 3.8) is 0 Å². The van der Waals surface area contributed by atoms with Crippen LogP contribution in [0.4, 0.5) is 0 Å². The van der Waals surface area contributed by atoms with Gasteiger partial charge in [-0.1, -0.05) is 17.8 Å². The van der Waals surface area contributed by atoms with E-state index in [-0.39, 0.29) is 0 Å². The summed E-state index contributed by atoms with van der Waals surface area (Å²) in [7, 11) is 1.56. The highest BCUT2D eigenvalue weighted by Gasteiger charge is 2.07. The largest absolute Gasteiger partial charge is 0.493 e. The average molecular weight is 221 g/mol. The number of methoxy groups -OCH3 is 1. The Hall–Kier alpha value is -1.97. The summed E-state index contributed by atoms with van der Waals surface area (Å²) in [6, 6.07) is 5.33. The fraction of sp³-hybridized carbons (Fsp3) is 0.250. The molecule has 1 aromatic carbocycles. The second-order valence-corrected chi connectivity index (χ2v) is 3.15. The molecule has 86 valence electrons. The number of nitrogens with zero attached hydrogens (tertiary/aromatic N) is 1. The van der Waals surface area contributed by atoms with Gasteiger partial charge in [-0.3, -0.25) is 0 Å². The minimum Gasteiger partial charge on any atom is -0.493 e. The molecule has 0 unspecified atom stereocenters. The van der Waals surface area contributed by atoms with E-state index in [0.717, 1.165) is 5.56 Å². The lowest BCUT2D eigenvalue weighted by Gasteiger charge is -2.10. The third-order valence-electron chi connectivity index (χ3n) is 2.09. The van der Waals surface area contributed by atoms with Crippen molar-refractivity contribution in [3.05, 3.63) is 36.4 Å². The summed E-state index contributed by atoms with van der Waals surface area (Å²) in [5.41, 5.74) is 1.30. The van der Waals surface area contributed by atoms with Gasteiger partial charge in [-0.15, -0.1) is 0 Å². The zero-order valence-corrected chi connectivity index (χ0v) is 9.43. The van der Waals surface area contributed by atoms with Crippen molar-refractivity contribution in [3.8, 4) is 11.5 Å². The first-order valence-electron chi connectivity index (χ1n) is 4.83. The molecular formula is C12H15NO3. The van der Waals surface area contributed by atoms with E-state index in [1.54, 1.807) is 38.3 Å². The van der Waals surface area contributed by atoms with Gasteiger partial charge in [-0.05, 0) is 25.1 Å². The molecule has 0 aliphatic rings. The van der Waals surface area contributed by atoms with Gasteiger partial charge in [0.25, 0.3) is 0 Å². The Labute approximate surface area is 94.8 Å². The molecule has 4 nitrogen and oxygen atoms in total. The summed E-state index contributed by atoms with van der Waals surface area (Å²) >= 11 is 0. The fourth-order valence-corrected chi connectivity index (χ4v) is 1.22. The van der Waals surface area contributed by atoms with Gasteiger partial charge < -0.3 is 14.7 Å². The number of oxime groups is 1. The van der Waals surface area contributed by atoms with Crippen molar-refractivity contribution in [2.45, 2.75) is 6.92 Å². The van der Waals surface area contributed by atoms with Crippen molar-refractivity contribution >= 4 is 5.71 Å². The van der Waals surface area contributed by atoms with Gasteiger partial charge in [-0.25, -0.2) is 0 Å². The second kappa shape index (κ2) is 5.80. The monoisotopic (exact) mass is 221 g/mol. The molecule has 0 bridgehead atoms. The number of rotatable bonds is 5. The van der Waals surface area contributed by atoms with E-state index in [9.17, 15) is 0 Å². The van der Waals surface area contributed by atoms with Crippen LogP contribution in [0.25, 0.3) is 0 Å². The van der Waals surface area contributed by atoms with Gasteiger partial charge in [0, 0.05) is 5.56 Å². The maximum absolute atomic E-state index is 8.67. The quantitative estimate of drug-likeness (QED) is 0.359. The molecule has 0 heterocycles. The maximum Gasteiger partial charge on any atom is 0.161 e. The highest BCUT2D eigenvalue weighted by molar-refractivity contribution is 5.98. The Balaban J connectivity index is 3.01. The SMILES string of the molecule is C=CCOc1ccc(/C(C)=N/O)cc1OC. The van der Waals surface area contributed by atoms with E-state index in [1.165, 1.54) is 0 Å². The second-order valence-electron chi connectivity index (χ2n) is 3.15.